The van der Waals surface area contributed by atoms with E-state index in [4.69, 9.17) is 0 Å². The first-order valence-electron chi connectivity index (χ1n) is 9.00. The number of aromatic nitrogens is 1. The molecule has 0 amide bonds. The predicted molar refractivity (Wildman–Crippen MR) is 109 cm³/mol. The zero-order valence-electron chi connectivity index (χ0n) is 15.3. The minimum Gasteiger partial charge on any atom is -0.478 e. The minimum atomic E-state index is -3.12. The number of rotatable bonds is 5. The fourth-order valence-corrected chi connectivity index (χ4v) is 7.98. The van der Waals surface area contributed by atoms with Crippen molar-refractivity contribution < 1.29 is 23.1 Å². The Kier molecular flexibility index (Phi) is 5.01. The molecule has 3 heterocycles. The molecule has 0 unspecified atom stereocenters. The maximum Gasteiger partial charge on any atom is 0.331 e. The van der Waals surface area contributed by atoms with Crippen molar-refractivity contribution >= 4 is 44.3 Å². The maximum absolute atomic E-state index is 12.9. The number of aryl methyl sites for hydroxylation is 1. The van der Waals surface area contributed by atoms with Gasteiger partial charge in [-0.25, -0.2) is 18.2 Å². The quantitative estimate of drug-likeness (QED) is 0.770. The third-order valence-electron chi connectivity index (χ3n) is 5.14. The number of carboxylic acids is 1. The standard InChI is InChI=1S/C19H19NO5S3/c1-10-8-26-18(20-10)17-13-5-6-28(24,25)9-16(13)27-15(17)7-14(21)11-3-2-4-12(11)19(22)23/h8H,2-7,9H2,1H3,(H,22,23). The molecule has 28 heavy (non-hydrogen) atoms. The fourth-order valence-electron chi connectivity index (χ4n) is 3.86. The van der Waals surface area contributed by atoms with Crippen molar-refractivity contribution in [3.05, 3.63) is 37.5 Å². The molecule has 0 saturated heterocycles. The van der Waals surface area contributed by atoms with Crippen LogP contribution in [0.3, 0.4) is 0 Å². The van der Waals surface area contributed by atoms with Gasteiger partial charge in [0.05, 0.1) is 11.5 Å². The zero-order valence-corrected chi connectivity index (χ0v) is 17.7. The number of thiazole rings is 1. The minimum absolute atomic E-state index is 0.00161. The Morgan fingerprint density at radius 1 is 1.21 bits per heavy atom. The number of hydrogen-bond donors (Lipinski definition) is 1. The van der Waals surface area contributed by atoms with Gasteiger partial charge in [0, 0.05) is 44.0 Å². The molecule has 148 valence electrons. The molecule has 0 fully saturated rings. The summed E-state index contributed by atoms with van der Waals surface area (Å²) in [4.78, 5) is 30.5. The van der Waals surface area contributed by atoms with Crippen LogP contribution in [0, 0.1) is 6.92 Å². The first-order valence-corrected chi connectivity index (χ1v) is 12.5. The highest BCUT2D eigenvalue weighted by atomic mass is 32.2. The van der Waals surface area contributed by atoms with Crippen molar-refractivity contribution in [3.8, 4) is 10.6 Å². The van der Waals surface area contributed by atoms with Gasteiger partial charge >= 0.3 is 5.97 Å². The molecule has 0 saturated carbocycles. The second-order valence-corrected chi connectivity index (χ2v) is 11.4. The van der Waals surface area contributed by atoms with Gasteiger partial charge < -0.3 is 5.11 Å². The first-order chi connectivity index (χ1) is 13.2. The molecule has 0 spiro atoms. The third-order valence-corrected chi connectivity index (χ3v) is 9.09. The number of aliphatic carboxylic acids is 1. The number of fused-ring (bicyclic) bond motifs is 1. The average molecular weight is 438 g/mol. The Morgan fingerprint density at radius 2 is 1.96 bits per heavy atom. The van der Waals surface area contributed by atoms with Gasteiger partial charge in [0.1, 0.15) is 5.01 Å². The molecule has 0 bridgehead atoms. The van der Waals surface area contributed by atoms with Gasteiger partial charge in [-0.05, 0) is 38.2 Å². The summed E-state index contributed by atoms with van der Waals surface area (Å²) in [5.41, 5.74) is 3.38. The summed E-state index contributed by atoms with van der Waals surface area (Å²) in [6, 6.07) is 0. The summed E-state index contributed by atoms with van der Waals surface area (Å²) in [6.45, 7) is 1.90. The Bertz CT molecular complexity index is 1120. The SMILES string of the molecule is Cc1csc(-c2c(CC(=O)C3=C(C(=O)O)CCC3)sc3c2CCS(=O)(=O)C3)n1. The highest BCUT2D eigenvalue weighted by Crippen LogP contribution is 2.42. The number of carbonyl (C=O) groups excluding carboxylic acids is 1. The van der Waals surface area contributed by atoms with Gasteiger partial charge in [-0.1, -0.05) is 0 Å². The van der Waals surface area contributed by atoms with E-state index in [2.05, 4.69) is 4.98 Å². The van der Waals surface area contributed by atoms with Gasteiger partial charge in [0.2, 0.25) is 0 Å². The topological polar surface area (TPSA) is 101 Å². The summed E-state index contributed by atoms with van der Waals surface area (Å²) < 4.78 is 24.2. The summed E-state index contributed by atoms with van der Waals surface area (Å²) in [7, 11) is -3.12. The molecule has 2 aliphatic rings. The maximum atomic E-state index is 12.9. The molecular weight excluding hydrogens is 418 g/mol. The van der Waals surface area contributed by atoms with Crippen LogP contribution in [0.1, 0.15) is 40.3 Å². The molecule has 1 N–H and O–H groups in total. The summed E-state index contributed by atoms with van der Waals surface area (Å²) in [5.74, 6) is -1.09. The first kappa shape index (κ1) is 19.5. The molecular formula is C19H19NO5S3. The molecule has 6 nitrogen and oxygen atoms in total. The van der Waals surface area contributed by atoms with Crippen molar-refractivity contribution in [1.29, 1.82) is 0 Å². The number of carboxylic acid groups (broad SMARTS) is 1. The Balaban J connectivity index is 1.77. The number of nitrogens with zero attached hydrogens (tertiary/aromatic N) is 1. The molecule has 0 atom stereocenters. The van der Waals surface area contributed by atoms with E-state index in [1.165, 1.54) is 22.7 Å². The second kappa shape index (κ2) is 7.20. The van der Waals surface area contributed by atoms with Crippen LogP contribution in [0.2, 0.25) is 0 Å². The molecule has 0 radical (unpaired) electrons. The number of hydrogen-bond acceptors (Lipinski definition) is 7. The van der Waals surface area contributed by atoms with E-state index >= 15 is 0 Å². The Hall–Kier alpha value is -1.84. The summed E-state index contributed by atoms with van der Waals surface area (Å²) in [6.07, 6.45) is 2.12. The Morgan fingerprint density at radius 3 is 2.64 bits per heavy atom. The van der Waals surface area contributed by atoms with Gasteiger partial charge in [-0.2, -0.15) is 0 Å². The van der Waals surface area contributed by atoms with Gasteiger partial charge in [0.15, 0.2) is 15.6 Å². The van der Waals surface area contributed by atoms with Gasteiger partial charge in [-0.15, -0.1) is 22.7 Å². The van der Waals surface area contributed by atoms with Crippen LogP contribution >= 0.6 is 22.7 Å². The summed E-state index contributed by atoms with van der Waals surface area (Å²) in [5, 5.41) is 12.1. The predicted octanol–water partition coefficient (Wildman–Crippen LogP) is 3.33. The number of carbonyl (C=O) groups is 2. The van der Waals surface area contributed by atoms with Crippen LogP contribution in [0.15, 0.2) is 16.5 Å². The van der Waals surface area contributed by atoms with E-state index < -0.39 is 15.8 Å². The highest BCUT2D eigenvalue weighted by Gasteiger charge is 2.32. The van der Waals surface area contributed by atoms with Crippen LogP contribution in [0.25, 0.3) is 10.6 Å². The number of Topliss-reactive ketones (excluding diaryl/α,β-unsaturated/α-hetero) is 1. The van der Waals surface area contributed by atoms with Crippen LogP contribution in [0.4, 0.5) is 0 Å². The lowest BCUT2D eigenvalue weighted by atomic mass is 10.00. The normalized spacial score (nSPS) is 18.3. The fraction of sp³-hybridized carbons (Fsp3) is 0.421. The molecule has 1 aliphatic carbocycles. The number of sulfone groups is 1. The highest BCUT2D eigenvalue weighted by molar-refractivity contribution is 7.90. The lowest BCUT2D eigenvalue weighted by Crippen LogP contribution is -2.17. The molecule has 2 aromatic rings. The van der Waals surface area contributed by atoms with Crippen LogP contribution < -0.4 is 0 Å². The van der Waals surface area contributed by atoms with Crippen molar-refractivity contribution in [3.63, 3.8) is 0 Å². The molecule has 2 aromatic heterocycles. The number of allylic oxidation sites excluding steroid dienone is 1. The van der Waals surface area contributed by atoms with Crippen LogP contribution in [-0.2, 0) is 38.0 Å². The monoisotopic (exact) mass is 437 g/mol. The van der Waals surface area contributed by atoms with E-state index in [1.54, 1.807) is 0 Å². The van der Waals surface area contributed by atoms with Crippen molar-refractivity contribution in [1.82, 2.24) is 4.98 Å². The lowest BCUT2D eigenvalue weighted by Gasteiger charge is -2.13. The van der Waals surface area contributed by atoms with E-state index in [0.717, 1.165) is 31.6 Å². The number of ketones is 1. The second-order valence-electron chi connectivity index (χ2n) is 7.15. The molecule has 0 aromatic carbocycles. The van der Waals surface area contributed by atoms with E-state index in [0.29, 0.717) is 31.3 Å². The van der Waals surface area contributed by atoms with Crippen molar-refractivity contribution in [2.75, 3.05) is 5.75 Å². The zero-order chi connectivity index (χ0) is 20.1. The lowest BCUT2D eigenvalue weighted by molar-refractivity contribution is -0.133. The van der Waals surface area contributed by atoms with Crippen molar-refractivity contribution in [2.45, 2.75) is 44.8 Å². The van der Waals surface area contributed by atoms with E-state index in [9.17, 15) is 23.1 Å². The van der Waals surface area contributed by atoms with Crippen LogP contribution in [0.5, 0.6) is 0 Å². The molecule has 1 aliphatic heterocycles. The summed E-state index contributed by atoms with van der Waals surface area (Å²) >= 11 is 2.85. The number of thiophene rings is 1. The van der Waals surface area contributed by atoms with E-state index in [1.807, 2.05) is 12.3 Å². The largest absolute Gasteiger partial charge is 0.478 e. The van der Waals surface area contributed by atoms with Gasteiger partial charge in [-0.3, -0.25) is 4.79 Å². The third kappa shape index (κ3) is 3.58. The van der Waals surface area contributed by atoms with Crippen molar-refractivity contribution in [2.24, 2.45) is 0 Å². The molecule has 4 rings (SSSR count). The smallest absolute Gasteiger partial charge is 0.331 e. The average Bonchev–Trinajstić information content (AvgIpc) is 3.31. The Labute approximate surface area is 170 Å². The van der Waals surface area contributed by atoms with E-state index in [-0.39, 0.29) is 29.3 Å². The van der Waals surface area contributed by atoms with Crippen LogP contribution in [-0.4, -0.2) is 36.0 Å². The molecule has 9 heteroatoms. The van der Waals surface area contributed by atoms with Gasteiger partial charge in [0.25, 0.3) is 0 Å².